The van der Waals surface area contributed by atoms with Gasteiger partial charge in [0.15, 0.2) is 0 Å². The number of H-pyrrole nitrogens is 1. The summed E-state index contributed by atoms with van der Waals surface area (Å²) in [4.78, 5) is 41.5. The van der Waals surface area contributed by atoms with E-state index in [1.54, 1.807) is 24.4 Å². The second-order valence-corrected chi connectivity index (χ2v) is 9.63. The molecule has 4 rings (SSSR count). The molecule has 40 heavy (non-hydrogen) atoms. The highest BCUT2D eigenvalue weighted by molar-refractivity contribution is 5.94. The Balaban J connectivity index is 0.000000559. The lowest BCUT2D eigenvalue weighted by molar-refractivity contribution is -0.192. The van der Waals surface area contributed by atoms with Gasteiger partial charge in [-0.25, -0.2) is 9.78 Å². The summed E-state index contributed by atoms with van der Waals surface area (Å²) in [5.74, 6) is -1.95. The number of nitrogens with one attached hydrogen (secondary N) is 2. The van der Waals surface area contributed by atoms with Crippen molar-refractivity contribution in [1.82, 2.24) is 15.3 Å². The van der Waals surface area contributed by atoms with Crippen LogP contribution in [0.4, 0.5) is 13.2 Å². The fraction of sp³-hybridized carbons (Fsp3) is 0.357. The number of rotatable bonds is 8. The maximum Gasteiger partial charge on any atom is 0.490 e. The molecule has 1 aliphatic rings. The van der Waals surface area contributed by atoms with E-state index in [2.05, 4.69) is 15.3 Å². The van der Waals surface area contributed by atoms with E-state index >= 15 is 0 Å². The lowest BCUT2D eigenvalue weighted by atomic mass is 9.81. The summed E-state index contributed by atoms with van der Waals surface area (Å²) in [5.41, 5.74) is 14.4. The van der Waals surface area contributed by atoms with Crippen LogP contribution in [0.1, 0.15) is 53.5 Å². The zero-order valence-electron chi connectivity index (χ0n) is 21.7. The number of benzene rings is 2. The third-order valence-corrected chi connectivity index (χ3v) is 6.78. The minimum atomic E-state index is -5.08. The number of halogens is 3. The highest BCUT2D eigenvalue weighted by atomic mass is 19.4. The second-order valence-electron chi connectivity index (χ2n) is 9.63. The zero-order valence-corrected chi connectivity index (χ0v) is 21.7. The highest BCUT2D eigenvalue weighted by Crippen LogP contribution is 2.29. The Morgan fingerprint density at radius 1 is 1.05 bits per heavy atom. The van der Waals surface area contributed by atoms with E-state index in [-0.39, 0.29) is 17.9 Å². The molecule has 0 unspecified atom stereocenters. The molecule has 1 heterocycles. The molecule has 12 heteroatoms. The van der Waals surface area contributed by atoms with E-state index in [4.69, 9.17) is 21.4 Å². The number of hydrogen-bond acceptors (Lipinski definition) is 5. The van der Waals surface area contributed by atoms with Crippen molar-refractivity contribution in [2.75, 3.05) is 6.54 Å². The topological polar surface area (TPSA) is 164 Å². The molecule has 0 aliphatic heterocycles. The third kappa shape index (κ3) is 8.67. The van der Waals surface area contributed by atoms with Crippen molar-refractivity contribution >= 4 is 17.8 Å². The Bertz CT molecular complexity index is 1290. The molecule has 0 radical (unpaired) electrons. The normalized spacial score (nSPS) is 17.7. The first kappa shape index (κ1) is 30.4. The molecule has 1 fully saturated rings. The van der Waals surface area contributed by atoms with Crippen LogP contribution < -0.4 is 16.8 Å². The molecule has 1 aromatic heterocycles. The Morgan fingerprint density at radius 2 is 1.70 bits per heavy atom. The predicted octanol–water partition coefficient (Wildman–Crippen LogP) is 3.97. The molecule has 0 saturated heterocycles. The van der Waals surface area contributed by atoms with Crippen LogP contribution in [0, 0.1) is 11.8 Å². The molecule has 214 valence electrons. The number of aromatic amines is 1. The van der Waals surface area contributed by atoms with Gasteiger partial charge < -0.3 is 26.9 Å². The molecule has 3 aromatic rings. The summed E-state index contributed by atoms with van der Waals surface area (Å²) in [6.45, 7) is 0.692. The lowest BCUT2D eigenvalue weighted by Gasteiger charge is -2.28. The number of imidazole rings is 1. The van der Waals surface area contributed by atoms with Crippen molar-refractivity contribution < 1.29 is 32.7 Å². The number of alkyl halides is 3. The van der Waals surface area contributed by atoms with Crippen molar-refractivity contribution in [3.63, 3.8) is 0 Å². The Labute approximate surface area is 229 Å². The van der Waals surface area contributed by atoms with Crippen molar-refractivity contribution in [2.45, 2.75) is 44.3 Å². The highest BCUT2D eigenvalue weighted by Gasteiger charge is 2.38. The molecule has 0 bridgehead atoms. The quantitative estimate of drug-likeness (QED) is 0.280. The number of primary amides is 1. The van der Waals surface area contributed by atoms with Gasteiger partial charge >= 0.3 is 12.1 Å². The van der Waals surface area contributed by atoms with Gasteiger partial charge in [0.05, 0.1) is 17.9 Å². The first-order valence-corrected chi connectivity index (χ1v) is 12.8. The molecular weight excluding hydrogens is 527 g/mol. The summed E-state index contributed by atoms with van der Waals surface area (Å²) in [7, 11) is 0. The molecule has 2 aromatic carbocycles. The molecular formula is C28H32F3N5O4. The number of carboxylic acid groups (broad SMARTS) is 1. The van der Waals surface area contributed by atoms with Gasteiger partial charge in [-0.15, -0.1) is 0 Å². The van der Waals surface area contributed by atoms with Crippen LogP contribution in [0.5, 0.6) is 0 Å². The smallest absolute Gasteiger partial charge is 0.475 e. The van der Waals surface area contributed by atoms with Gasteiger partial charge in [-0.3, -0.25) is 9.59 Å². The summed E-state index contributed by atoms with van der Waals surface area (Å²) >= 11 is 0. The fourth-order valence-electron chi connectivity index (χ4n) is 4.52. The number of carbonyl (C=O) groups is 3. The van der Waals surface area contributed by atoms with Crippen LogP contribution in [0.3, 0.4) is 0 Å². The first-order valence-electron chi connectivity index (χ1n) is 12.8. The van der Waals surface area contributed by atoms with Gasteiger partial charge in [-0.2, -0.15) is 13.2 Å². The Morgan fingerprint density at radius 3 is 2.27 bits per heavy atom. The maximum absolute atomic E-state index is 13.1. The second kappa shape index (κ2) is 13.7. The van der Waals surface area contributed by atoms with Crippen LogP contribution in [0.2, 0.25) is 0 Å². The van der Waals surface area contributed by atoms with Crippen molar-refractivity contribution in [1.29, 1.82) is 0 Å². The maximum atomic E-state index is 13.1. The summed E-state index contributed by atoms with van der Waals surface area (Å²) in [5, 5.41) is 10.4. The zero-order chi connectivity index (χ0) is 29.3. The van der Waals surface area contributed by atoms with Gasteiger partial charge in [-0.05, 0) is 62.3 Å². The van der Waals surface area contributed by atoms with Crippen LogP contribution in [-0.4, -0.2) is 45.6 Å². The molecule has 0 spiro atoms. The van der Waals surface area contributed by atoms with Crippen LogP contribution in [-0.2, 0) is 16.0 Å². The SMILES string of the molecule is NCC1CCC(C(=O)N[C@@H](Cc2ccccc2)c2ncc(-c3cccc(C(N)=O)c3)[nH]2)CC1.O=C(O)C(F)(F)F. The van der Waals surface area contributed by atoms with Crippen molar-refractivity contribution in [3.8, 4) is 11.3 Å². The van der Waals surface area contributed by atoms with E-state index in [9.17, 15) is 22.8 Å². The average Bonchev–Trinajstić information content (AvgIpc) is 3.44. The summed E-state index contributed by atoms with van der Waals surface area (Å²) in [6, 6.07) is 16.9. The number of aliphatic carboxylic acids is 1. The number of hydrogen-bond donors (Lipinski definition) is 5. The number of aromatic nitrogens is 2. The Kier molecular flexibility index (Phi) is 10.4. The number of nitrogens with zero attached hydrogens (tertiary/aromatic N) is 1. The van der Waals surface area contributed by atoms with Gasteiger partial charge in [0, 0.05) is 17.0 Å². The van der Waals surface area contributed by atoms with Gasteiger partial charge in [0.25, 0.3) is 0 Å². The van der Waals surface area contributed by atoms with Crippen LogP contribution in [0.15, 0.2) is 60.8 Å². The largest absolute Gasteiger partial charge is 0.490 e. The molecule has 1 atom stereocenters. The van der Waals surface area contributed by atoms with Crippen molar-refractivity contribution in [3.05, 3.63) is 77.7 Å². The molecule has 1 saturated carbocycles. The predicted molar refractivity (Wildman–Crippen MR) is 142 cm³/mol. The monoisotopic (exact) mass is 559 g/mol. The lowest BCUT2D eigenvalue weighted by Crippen LogP contribution is -2.37. The minimum absolute atomic E-state index is 0.00718. The van der Waals surface area contributed by atoms with Crippen LogP contribution in [0.25, 0.3) is 11.3 Å². The molecule has 7 N–H and O–H groups in total. The average molecular weight is 560 g/mol. The van der Waals surface area contributed by atoms with Crippen molar-refractivity contribution in [2.24, 2.45) is 23.3 Å². The number of nitrogens with two attached hydrogens (primary N) is 2. The van der Waals surface area contributed by atoms with E-state index in [1.165, 1.54) is 0 Å². The van der Waals surface area contributed by atoms with Gasteiger partial charge in [0.1, 0.15) is 5.82 Å². The van der Waals surface area contributed by atoms with E-state index in [0.29, 0.717) is 30.3 Å². The fourth-order valence-corrected chi connectivity index (χ4v) is 4.52. The van der Waals surface area contributed by atoms with Gasteiger partial charge in [-0.1, -0.05) is 42.5 Å². The standard InChI is InChI=1S/C26H31N5O2.C2HF3O2/c27-15-18-9-11-19(12-10-18)26(33)31-22(13-17-5-2-1-3-6-17)25-29-16-23(30-25)20-7-4-8-21(14-20)24(28)32;3-2(4,5)1(6)7/h1-8,14,16,18-19,22H,9-13,15,27H2,(H2,28,32)(H,29,30)(H,31,33);(H,6,7)/t18?,19?,22-;/m0./s1. The third-order valence-electron chi connectivity index (χ3n) is 6.78. The van der Waals surface area contributed by atoms with E-state index in [1.807, 2.05) is 36.4 Å². The number of amides is 2. The molecule has 2 amide bonds. The Hall–Kier alpha value is -4.19. The number of carboxylic acids is 1. The number of carbonyl (C=O) groups excluding carboxylic acids is 2. The van der Waals surface area contributed by atoms with Gasteiger partial charge in [0.2, 0.25) is 11.8 Å². The first-order chi connectivity index (χ1) is 19.0. The summed E-state index contributed by atoms with van der Waals surface area (Å²) in [6.07, 6.45) is 1.01. The minimum Gasteiger partial charge on any atom is -0.475 e. The molecule has 1 aliphatic carbocycles. The summed E-state index contributed by atoms with van der Waals surface area (Å²) < 4.78 is 31.7. The van der Waals surface area contributed by atoms with E-state index in [0.717, 1.165) is 42.5 Å². The molecule has 9 nitrogen and oxygen atoms in total. The van der Waals surface area contributed by atoms with E-state index < -0.39 is 18.1 Å². The van der Waals surface area contributed by atoms with Crippen LogP contribution >= 0.6 is 0 Å².